The zero-order valence-electron chi connectivity index (χ0n) is 32.5. The number of ether oxygens (including phenoxy) is 1. The summed E-state index contributed by atoms with van der Waals surface area (Å²) in [6.07, 6.45) is 5.84. The van der Waals surface area contributed by atoms with Crippen molar-refractivity contribution >= 4 is 29.5 Å². The lowest BCUT2D eigenvalue weighted by Gasteiger charge is -2.41. The van der Waals surface area contributed by atoms with E-state index in [0.717, 1.165) is 37.7 Å². The highest BCUT2D eigenvalue weighted by Gasteiger charge is 2.85. The second kappa shape index (κ2) is 12.5. The van der Waals surface area contributed by atoms with Crippen LogP contribution in [0.3, 0.4) is 0 Å². The number of nitrogens with one attached hydrogen (secondary N) is 3. The maximum Gasteiger partial charge on any atom is 0.316 e. The van der Waals surface area contributed by atoms with E-state index in [4.69, 9.17) is 10.5 Å². The van der Waals surface area contributed by atoms with Crippen molar-refractivity contribution in [2.75, 3.05) is 19.6 Å². The predicted octanol–water partition coefficient (Wildman–Crippen LogP) is 3.63. The maximum absolute atomic E-state index is 14.9. The maximum atomic E-state index is 14.9. The highest BCUT2D eigenvalue weighted by molar-refractivity contribution is 6.03. The molecule has 3 saturated carbocycles. The van der Waals surface area contributed by atoms with Gasteiger partial charge in [-0.05, 0) is 85.5 Å². The van der Waals surface area contributed by atoms with E-state index in [-0.39, 0.29) is 63.6 Å². The van der Waals surface area contributed by atoms with E-state index in [9.17, 15) is 24.0 Å². The molecule has 8 atom stereocenters. The number of carbonyl (C=O) groups excluding carboxylic acids is 5. The summed E-state index contributed by atoms with van der Waals surface area (Å²) < 4.78 is 5.83. The molecule has 6 rings (SSSR count). The van der Waals surface area contributed by atoms with Crippen LogP contribution in [0.15, 0.2) is 11.3 Å². The fourth-order valence-electron chi connectivity index (χ4n) is 10.6. The second-order valence-corrected chi connectivity index (χ2v) is 19.4. The van der Waals surface area contributed by atoms with Crippen LogP contribution in [-0.4, -0.2) is 95.3 Å². The number of carbonyl (C=O) groups is 5. The Balaban J connectivity index is 1.23. The highest BCUT2D eigenvalue weighted by atomic mass is 16.5. The van der Waals surface area contributed by atoms with E-state index in [0.29, 0.717) is 32.5 Å². The van der Waals surface area contributed by atoms with E-state index in [2.05, 4.69) is 29.8 Å². The number of Topliss-reactive ketones (excluding diaryl/α,β-unsaturated/α-hetero) is 1. The van der Waals surface area contributed by atoms with Gasteiger partial charge in [-0.2, -0.15) is 0 Å². The first-order chi connectivity index (χ1) is 23.5. The van der Waals surface area contributed by atoms with Crippen molar-refractivity contribution in [2.24, 2.45) is 38.7 Å². The number of hydrogen-bond donors (Lipinski definition) is 4. The molecule has 12 nitrogen and oxygen atoms in total. The number of allylic oxidation sites excluding steroid dienone is 1. The number of morpholine rings is 1. The molecule has 0 bridgehead atoms. The number of likely N-dealkylation sites (tertiary alicyclic amines) is 1. The SMILES string of the molecule is C[C@@H]1CN(C(=O)C(NC(=O)NC(C(=O)N2CC3(C[C@H]2C(=O)NC2CC4CCC4=C(N)C2=O)C(C)(C)C32CCC2)C(C)(C)C)C(C)(C)C)C[C@H](C)O1. The first kappa shape index (κ1) is 37.6. The van der Waals surface area contributed by atoms with Crippen molar-refractivity contribution in [3.05, 3.63) is 11.3 Å². The van der Waals surface area contributed by atoms with E-state index in [1.165, 1.54) is 0 Å². The largest absolute Gasteiger partial charge is 0.396 e. The molecule has 284 valence electrons. The molecule has 5 amide bonds. The molecule has 2 aliphatic heterocycles. The number of nitrogens with zero attached hydrogens (tertiary/aromatic N) is 2. The number of rotatable bonds is 6. The van der Waals surface area contributed by atoms with Gasteiger partial charge in [0.15, 0.2) is 0 Å². The molecule has 0 aromatic heterocycles. The molecule has 12 heteroatoms. The third-order valence-electron chi connectivity index (χ3n) is 13.9. The smallest absolute Gasteiger partial charge is 0.316 e. The van der Waals surface area contributed by atoms with Crippen molar-refractivity contribution < 1.29 is 28.7 Å². The highest BCUT2D eigenvalue weighted by Crippen LogP contribution is 2.88. The quantitative estimate of drug-likeness (QED) is 0.327. The third-order valence-corrected chi connectivity index (χ3v) is 13.9. The van der Waals surface area contributed by atoms with Crippen LogP contribution < -0.4 is 21.7 Å². The molecule has 0 radical (unpaired) electrons. The molecule has 2 spiro atoms. The van der Waals surface area contributed by atoms with Gasteiger partial charge in [0.25, 0.3) is 0 Å². The molecule has 5 unspecified atom stereocenters. The van der Waals surface area contributed by atoms with Crippen molar-refractivity contribution in [1.29, 1.82) is 0 Å². The Morgan fingerprint density at radius 3 is 1.94 bits per heavy atom. The summed E-state index contributed by atoms with van der Waals surface area (Å²) in [7, 11) is 0. The molecule has 0 aromatic carbocycles. The summed E-state index contributed by atoms with van der Waals surface area (Å²) in [6.45, 7) is 21.0. The Labute approximate surface area is 303 Å². The summed E-state index contributed by atoms with van der Waals surface area (Å²) in [6, 6.07) is -3.96. The van der Waals surface area contributed by atoms with Crippen LogP contribution in [0.1, 0.15) is 114 Å². The lowest BCUT2D eigenvalue weighted by Crippen LogP contribution is -2.63. The monoisotopic (exact) mass is 710 g/mol. The minimum absolute atomic E-state index is 0.0583. The molecule has 6 aliphatic rings. The lowest BCUT2D eigenvalue weighted by molar-refractivity contribution is -0.147. The average Bonchev–Trinajstić information content (AvgIpc) is 3.19. The van der Waals surface area contributed by atoms with E-state index in [1.54, 1.807) is 9.80 Å². The molecular weight excluding hydrogens is 648 g/mol. The Bertz CT molecular complexity index is 1510. The molecular formula is C39H62N6O6. The molecule has 0 aromatic rings. The number of hydrogen-bond acceptors (Lipinski definition) is 7. The summed E-state index contributed by atoms with van der Waals surface area (Å²) in [5.74, 6) is -0.891. The standard InChI is InChI=1S/C39H62N6O6/c1-21-18-44(19-22(2)51-21)32(48)29(35(3,4)5)42-34(50)43-30(36(6,7)8)33(49)45-20-39(37(9,10)38(39)14-11-15-38)17-26(45)31(47)41-25-16-23-12-13-24(23)27(40)28(25)46/h21-23,25-26,29-30H,11-20,40H2,1-10H3,(H,41,47)(H2,42,43,50)/t21-,22+,23?,25?,26-,29?,30?,39?/m0/s1. The van der Waals surface area contributed by atoms with Gasteiger partial charge in [-0.15, -0.1) is 0 Å². The van der Waals surface area contributed by atoms with Crippen molar-refractivity contribution in [2.45, 2.75) is 151 Å². The van der Waals surface area contributed by atoms with Gasteiger partial charge in [0.05, 0.1) is 23.9 Å². The molecule has 2 heterocycles. The van der Waals surface area contributed by atoms with E-state index in [1.807, 2.05) is 55.4 Å². The zero-order chi connectivity index (χ0) is 37.6. The second-order valence-electron chi connectivity index (χ2n) is 19.4. The number of amides is 5. The van der Waals surface area contributed by atoms with Crippen molar-refractivity contribution in [3.63, 3.8) is 0 Å². The van der Waals surface area contributed by atoms with Gasteiger partial charge < -0.3 is 36.2 Å². The Hall–Kier alpha value is -3.15. The first-order valence-electron chi connectivity index (χ1n) is 19.2. The minimum atomic E-state index is -0.992. The number of nitrogens with two attached hydrogens (primary N) is 1. The number of urea groups is 1. The normalized spacial score (nSPS) is 33.5. The molecule has 51 heavy (non-hydrogen) atoms. The average molecular weight is 711 g/mol. The predicted molar refractivity (Wildman–Crippen MR) is 193 cm³/mol. The number of fused-ring (bicyclic) bond motifs is 2. The lowest BCUT2D eigenvalue weighted by atomic mass is 9.69. The Morgan fingerprint density at radius 2 is 1.47 bits per heavy atom. The van der Waals surface area contributed by atoms with Gasteiger partial charge in [-0.3, -0.25) is 19.2 Å². The third kappa shape index (κ3) is 6.05. The van der Waals surface area contributed by atoms with Gasteiger partial charge in [0.1, 0.15) is 18.1 Å². The number of ketones is 1. The zero-order valence-corrected chi connectivity index (χ0v) is 32.5. The van der Waals surface area contributed by atoms with E-state index >= 15 is 0 Å². The van der Waals surface area contributed by atoms with Gasteiger partial charge in [-0.25, -0.2) is 4.79 Å². The molecule has 4 aliphatic carbocycles. The van der Waals surface area contributed by atoms with Gasteiger partial charge in [-0.1, -0.05) is 61.8 Å². The van der Waals surface area contributed by atoms with Crippen LogP contribution in [0, 0.1) is 33.0 Å². The van der Waals surface area contributed by atoms with Crippen LogP contribution in [0.2, 0.25) is 0 Å². The Morgan fingerprint density at radius 1 is 0.902 bits per heavy atom. The van der Waals surface area contributed by atoms with Crippen LogP contribution in [0.4, 0.5) is 4.79 Å². The minimum Gasteiger partial charge on any atom is -0.396 e. The van der Waals surface area contributed by atoms with Gasteiger partial charge >= 0.3 is 6.03 Å². The van der Waals surface area contributed by atoms with Gasteiger partial charge in [0, 0.05) is 25.0 Å². The van der Waals surface area contributed by atoms with Crippen LogP contribution in [-0.2, 0) is 23.9 Å². The summed E-state index contributed by atoms with van der Waals surface area (Å²) in [5, 5.41) is 8.92. The Kier molecular flexibility index (Phi) is 9.20. The van der Waals surface area contributed by atoms with Gasteiger partial charge in [0.2, 0.25) is 23.5 Å². The summed E-state index contributed by atoms with van der Waals surface area (Å²) in [5.41, 5.74) is 5.94. The van der Waals surface area contributed by atoms with Crippen LogP contribution >= 0.6 is 0 Å². The van der Waals surface area contributed by atoms with Crippen molar-refractivity contribution in [3.8, 4) is 0 Å². The first-order valence-corrected chi connectivity index (χ1v) is 19.2. The van der Waals surface area contributed by atoms with Crippen LogP contribution in [0.5, 0.6) is 0 Å². The van der Waals surface area contributed by atoms with Crippen molar-refractivity contribution in [1.82, 2.24) is 25.8 Å². The summed E-state index contributed by atoms with van der Waals surface area (Å²) >= 11 is 0. The fraction of sp³-hybridized carbons (Fsp3) is 0.821. The molecule has 5 fully saturated rings. The fourth-order valence-corrected chi connectivity index (χ4v) is 10.6. The topological polar surface area (TPSA) is 163 Å². The van der Waals surface area contributed by atoms with Crippen LogP contribution in [0.25, 0.3) is 0 Å². The molecule has 2 saturated heterocycles. The molecule has 5 N–H and O–H groups in total. The summed E-state index contributed by atoms with van der Waals surface area (Å²) in [4.78, 5) is 73.5. The van der Waals surface area contributed by atoms with E-state index < -0.39 is 41.0 Å².